The van der Waals surface area contributed by atoms with Crippen molar-refractivity contribution in [3.8, 4) is 0 Å². The number of anilines is 1. The number of carboxylic acids is 1. The molecule has 1 rings (SSSR count). The maximum atomic E-state index is 11.0. The SMILES string of the molecule is C=C(C)CNc1c(C(=O)O)c(C)nn1C. The van der Waals surface area contributed by atoms with E-state index in [1.807, 2.05) is 6.92 Å². The Balaban J connectivity index is 3.04. The molecule has 0 unspecified atom stereocenters. The summed E-state index contributed by atoms with van der Waals surface area (Å²) in [6.45, 7) is 7.83. The summed E-state index contributed by atoms with van der Waals surface area (Å²) in [5, 5.41) is 16.1. The molecule has 15 heavy (non-hydrogen) atoms. The first-order valence-electron chi connectivity index (χ1n) is 4.58. The second-order valence-corrected chi connectivity index (χ2v) is 3.55. The van der Waals surface area contributed by atoms with Gasteiger partial charge in [0, 0.05) is 13.6 Å². The van der Waals surface area contributed by atoms with Crippen molar-refractivity contribution in [2.24, 2.45) is 7.05 Å². The molecule has 0 aliphatic carbocycles. The lowest BCUT2D eigenvalue weighted by Gasteiger charge is -2.07. The molecule has 0 aromatic carbocycles. The molecule has 1 aromatic heterocycles. The van der Waals surface area contributed by atoms with Gasteiger partial charge in [-0.15, -0.1) is 0 Å². The van der Waals surface area contributed by atoms with Gasteiger partial charge >= 0.3 is 5.97 Å². The van der Waals surface area contributed by atoms with Gasteiger partial charge in [-0.25, -0.2) is 4.79 Å². The fraction of sp³-hybridized carbons (Fsp3) is 0.400. The molecule has 0 atom stereocenters. The normalized spacial score (nSPS) is 10.1. The Morgan fingerprint density at radius 2 is 2.27 bits per heavy atom. The van der Waals surface area contributed by atoms with E-state index in [4.69, 9.17) is 5.11 Å². The van der Waals surface area contributed by atoms with Gasteiger partial charge in [0.2, 0.25) is 0 Å². The first-order valence-corrected chi connectivity index (χ1v) is 4.58. The average Bonchev–Trinajstić information content (AvgIpc) is 2.37. The molecular formula is C10H15N3O2. The third kappa shape index (κ3) is 2.37. The van der Waals surface area contributed by atoms with Gasteiger partial charge in [0.25, 0.3) is 0 Å². The van der Waals surface area contributed by atoms with E-state index >= 15 is 0 Å². The van der Waals surface area contributed by atoms with Crippen molar-refractivity contribution in [3.05, 3.63) is 23.4 Å². The van der Waals surface area contributed by atoms with Crippen LogP contribution >= 0.6 is 0 Å². The second kappa shape index (κ2) is 4.16. The molecule has 5 heteroatoms. The molecular weight excluding hydrogens is 194 g/mol. The summed E-state index contributed by atoms with van der Waals surface area (Å²) in [6.07, 6.45) is 0. The van der Waals surface area contributed by atoms with Crippen LogP contribution < -0.4 is 5.32 Å². The highest BCUT2D eigenvalue weighted by Gasteiger charge is 2.18. The maximum Gasteiger partial charge on any atom is 0.341 e. The Hall–Kier alpha value is -1.78. The van der Waals surface area contributed by atoms with Crippen molar-refractivity contribution in [2.45, 2.75) is 13.8 Å². The van der Waals surface area contributed by atoms with Gasteiger partial charge in [-0.05, 0) is 13.8 Å². The van der Waals surface area contributed by atoms with E-state index in [0.29, 0.717) is 18.1 Å². The number of nitrogens with one attached hydrogen (secondary N) is 1. The molecule has 0 radical (unpaired) electrons. The van der Waals surface area contributed by atoms with Gasteiger partial charge in [0.15, 0.2) is 0 Å². The Labute approximate surface area is 88.4 Å². The third-order valence-electron chi connectivity index (χ3n) is 1.99. The maximum absolute atomic E-state index is 11.0. The number of rotatable bonds is 4. The zero-order chi connectivity index (χ0) is 11.6. The van der Waals surface area contributed by atoms with Crippen LogP contribution in [0.15, 0.2) is 12.2 Å². The molecule has 1 heterocycles. The summed E-state index contributed by atoms with van der Waals surface area (Å²) < 4.78 is 1.53. The minimum Gasteiger partial charge on any atom is -0.477 e. The smallest absolute Gasteiger partial charge is 0.341 e. The van der Waals surface area contributed by atoms with Crippen LogP contribution in [0.2, 0.25) is 0 Å². The van der Waals surface area contributed by atoms with Crippen molar-refractivity contribution < 1.29 is 9.90 Å². The third-order valence-corrected chi connectivity index (χ3v) is 1.99. The van der Waals surface area contributed by atoms with Crippen LogP contribution in [-0.4, -0.2) is 27.4 Å². The average molecular weight is 209 g/mol. The fourth-order valence-electron chi connectivity index (χ4n) is 1.35. The Kier molecular flexibility index (Phi) is 3.14. The first kappa shape index (κ1) is 11.3. The molecule has 1 aromatic rings. The Bertz CT molecular complexity index is 407. The molecule has 0 amide bonds. The number of carbonyl (C=O) groups is 1. The molecule has 0 bridgehead atoms. The first-order chi connectivity index (χ1) is 6.93. The zero-order valence-corrected chi connectivity index (χ0v) is 9.16. The number of carboxylic acid groups (broad SMARTS) is 1. The molecule has 0 saturated carbocycles. The number of nitrogens with zero attached hydrogens (tertiary/aromatic N) is 2. The Morgan fingerprint density at radius 1 is 1.67 bits per heavy atom. The molecule has 0 aliphatic rings. The predicted octanol–water partition coefficient (Wildman–Crippen LogP) is 1.41. The van der Waals surface area contributed by atoms with E-state index in [-0.39, 0.29) is 5.56 Å². The van der Waals surface area contributed by atoms with E-state index in [1.165, 1.54) is 4.68 Å². The zero-order valence-electron chi connectivity index (χ0n) is 9.16. The summed E-state index contributed by atoms with van der Waals surface area (Å²) in [4.78, 5) is 11.0. The van der Waals surface area contributed by atoms with Crippen LogP contribution in [-0.2, 0) is 7.05 Å². The fourth-order valence-corrected chi connectivity index (χ4v) is 1.35. The molecule has 0 spiro atoms. The highest BCUT2D eigenvalue weighted by Crippen LogP contribution is 2.18. The quantitative estimate of drug-likeness (QED) is 0.736. The van der Waals surface area contributed by atoms with Gasteiger partial charge in [0.1, 0.15) is 11.4 Å². The van der Waals surface area contributed by atoms with Crippen LogP contribution in [0.4, 0.5) is 5.82 Å². The van der Waals surface area contributed by atoms with Crippen molar-refractivity contribution in [2.75, 3.05) is 11.9 Å². The lowest BCUT2D eigenvalue weighted by Crippen LogP contribution is -2.10. The van der Waals surface area contributed by atoms with Crippen molar-refractivity contribution in [1.82, 2.24) is 9.78 Å². The van der Waals surface area contributed by atoms with Crippen LogP contribution in [0.1, 0.15) is 23.0 Å². The predicted molar refractivity (Wildman–Crippen MR) is 58.2 cm³/mol. The molecule has 82 valence electrons. The number of aromatic nitrogens is 2. The number of hydrogen-bond acceptors (Lipinski definition) is 3. The van der Waals surface area contributed by atoms with Crippen LogP contribution in [0.25, 0.3) is 0 Å². The lowest BCUT2D eigenvalue weighted by molar-refractivity contribution is 0.0697. The van der Waals surface area contributed by atoms with Crippen molar-refractivity contribution in [1.29, 1.82) is 0 Å². The molecule has 2 N–H and O–H groups in total. The topological polar surface area (TPSA) is 67.2 Å². The van der Waals surface area contributed by atoms with E-state index in [0.717, 1.165) is 5.57 Å². The number of hydrogen-bond donors (Lipinski definition) is 2. The van der Waals surface area contributed by atoms with Crippen molar-refractivity contribution >= 4 is 11.8 Å². The van der Waals surface area contributed by atoms with Crippen LogP contribution in [0.3, 0.4) is 0 Å². The second-order valence-electron chi connectivity index (χ2n) is 3.55. The van der Waals surface area contributed by atoms with E-state index in [1.54, 1.807) is 14.0 Å². The van der Waals surface area contributed by atoms with Crippen LogP contribution in [0.5, 0.6) is 0 Å². The summed E-state index contributed by atoms with van der Waals surface area (Å²) in [5.41, 5.74) is 1.66. The number of aryl methyl sites for hydroxylation is 2. The van der Waals surface area contributed by atoms with Gasteiger partial charge in [-0.1, -0.05) is 12.2 Å². The largest absolute Gasteiger partial charge is 0.477 e. The molecule has 0 fully saturated rings. The summed E-state index contributed by atoms with van der Waals surface area (Å²) in [5.74, 6) is -0.451. The summed E-state index contributed by atoms with van der Waals surface area (Å²) in [7, 11) is 1.71. The molecule has 0 aliphatic heterocycles. The van der Waals surface area contributed by atoms with E-state index in [9.17, 15) is 4.79 Å². The highest BCUT2D eigenvalue weighted by atomic mass is 16.4. The lowest BCUT2D eigenvalue weighted by atomic mass is 10.2. The minimum absolute atomic E-state index is 0.221. The van der Waals surface area contributed by atoms with E-state index in [2.05, 4.69) is 17.0 Å². The minimum atomic E-state index is -0.968. The molecule has 0 saturated heterocycles. The standard InChI is InChI=1S/C10H15N3O2/c1-6(2)5-11-9-8(10(14)15)7(3)12-13(9)4/h11H,1,5H2,2-4H3,(H,14,15). The molecule has 5 nitrogen and oxygen atoms in total. The summed E-state index contributed by atoms with van der Waals surface area (Å²) >= 11 is 0. The van der Waals surface area contributed by atoms with E-state index < -0.39 is 5.97 Å². The van der Waals surface area contributed by atoms with Gasteiger partial charge in [-0.3, -0.25) is 4.68 Å². The van der Waals surface area contributed by atoms with Gasteiger partial charge < -0.3 is 10.4 Å². The monoisotopic (exact) mass is 209 g/mol. The summed E-state index contributed by atoms with van der Waals surface area (Å²) in [6, 6.07) is 0. The highest BCUT2D eigenvalue weighted by molar-refractivity contribution is 5.94. The van der Waals surface area contributed by atoms with Gasteiger partial charge in [-0.2, -0.15) is 5.10 Å². The van der Waals surface area contributed by atoms with Crippen LogP contribution in [0, 0.1) is 6.92 Å². The van der Waals surface area contributed by atoms with Crippen molar-refractivity contribution in [3.63, 3.8) is 0 Å². The Morgan fingerprint density at radius 3 is 2.73 bits per heavy atom. The number of aromatic carboxylic acids is 1. The van der Waals surface area contributed by atoms with Gasteiger partial charge in [0.05, 0.1) is 5.69 Å².